The van der Waals surface area contributed by atoms with Gasteiger partial charge in [-0.15, -0.1) is 0 Å². The molecule has 3 heteroatoms. The average molecular weight is 244 g/mol. The van der Waals surface area contributed by atoms with Gasteiger partial charge in [-0.2, -0.15) is 5.26 Å². The summed E-state index contributed by atoms with van der Waals surface area (Å²) in [6, 6.07) is 7.39. The molecule has 0 saturated heterocycles. The molecule has 0 bridgehead atoms. The van der Waals surface area contributed by atoms with Gasteiger partial charge in [0.2, 0.25) is 0 Å². The molecule has 0 aliphatic heterocycles. The molecule has 2 N–H and O–H groups in total. The first-order valence-corrected chi connectivity index (χ1v) is 6.46. The van der Waals surface area contributed by atoms with Crippen LogP contribution in [0.15, 0.2) is 18.2 Å². The number of nitrogen functional groups attached to an aromatic ring is 1. The zero-order valence-corrected chi connectivity index (χ0v) is 11.1. The van der Waals surface area contributed by atoms with Gasteiger partial charge in [0.15, 0.2) is 0 Å². The summed E-state index contributed by atoms with van der Waals surface area (Å²) < 4.78 is 5.94. The van der Waals surface area contributed by atoms with Gasteiger partial charge in [-0.1, -0.05) is 13.8 Å². The highest BCUT2D eigenvalue weighted by atomic mass is 16.5. The van der Waals surface area contributed by atoms with Crippen LogP contribution in [-0.4, -0.2) is 6.10 Å². The summed E-state index contributed by atoms with van der Waals surface area (Å²) in [5.41, 5.74) is 7.13. The highest BCUT2D eigenvalue weighted by molar-refractivity contribution is 5.56. The predicted molar refractivity (Wildman–Crippen MR) is 72.2 cm³/mol. The maximum atomic E-state index is 8.93. The quantitative estimate of drug-likeness (QED) is 0.810. The topological polar surface area (TPSA) is 59.0 Å². The molecule has 1 aromatic rings. The lowest BCUT2D eigenvalue weighted by Crippen LogP contribution is -2.28. The molecule has 1 aromatic carbocycles. The van der Waals surface area contributed by atoms with E-state index < -0.39 is 0 Å². The summed E-state index contributed by atoms with van der Waals surface area (Å²) in [5.74, 6) is 0.755. The van der Waals surface area contributed by atoms with E-state index >= 15 is 0 Å². The van der Waals surface area contributed by atoms with E-state index in [1.54, 1.807) is 12.1 Å². The van der Waals surface area contributed by atoms with Gasteiger partial charge in [-0.3, -0.25) is 0 Å². The number of hydrogen-bond donors (Lipinski definition) is 1. The van der Waals surface area contributed by atoms with Crippen molar-refractivity contribution in [3.63, 3.8) is 0 Å². The molecule has 0 amide bonds. The minimum Gasteiger partial charge on any atom is -0.490 e. The number of nitrogens with two attached hydrogens (primary N) is 1. The van der Waals surface area contributed by atoms with Crippen molar-refractivity contribution in [2.24, 2.45) is 5.41 Å². The van der Waals surface area contributed by atoms with Gasteiger partial charge >= 0.3 is 0 Å². The first kappa shape index (κ1) is 12.8. The van der Waals surface area contributed by atoms with E-state index in [2.05, 4.69) is 19.9 Å². The summed E-state index contributed by atoms with van der Waals surface area (Å²) in [7, 11) is 0. The van der Waals surface area contributed by atoms with Crippen molar-refractivity contribution in [1.82, 2.24) is 0 Å². The SMILES string of the molecule is CC1(C)CCC(Oc2ccc(N)c(C#N)c2)CC1. The van der Waals surface area contributed by atoms with E-state index in [1.807, 2.05) is 6.07 Å². The minimum absolute atomic E-state index is 0.271. The van der Waals surface area contributed by atoms with Crippen LogP contribution in [0, 0.1) is 16.7 Å². The molecule has 0 spiro atoms. The Kier molecular flexibility index (Phi) is 3.47. The van der Waals surface area contributed by atoms with Crippen LogP contribution in [0.3, 0.4) is 0 Å². The molecule has 2 rings (SSSR count). The second-order valence-corrected chi connectivity index (χ2v) is 5.84. The van der Waals surface area contributed by atoms with Crippen LogP contribution in [0.25, 0.3) is 0 Å². The number of nitrogens with zero attached hydrogens (tertiary/aromatic N) is 1. The smallest absolute Gasteiger partial charge is 0.121 e. The fourth-order valence-electron chi connectivity index (χ4n) is 2.39. The zero-order chi connectivity index (χ0) is 13.2. The van der Waals surface area contributed by atoms with E-state index in [0.717, 1.165) is 18.6 Å². The van der Waals surface area contributed by atoms with Gasteiger partial charge in [0.1, 0.15) is 11.8 Å². The number of nitriles is 1. The first-order chi connectivity index (χ1) is 8.50. The van der Waals surface area contributed by atoms with Gasteiger partial charge in [-0.25, -0.2) is 0 Å². The fraction of sp³-hybridized carbons (Fsp3) is 0.533. The van der Waals surface area contributed by atoms with Crippen LogP contribution in [0.1, 0.15) is 45.1 Å². The second kappa shape index (κ2) is 4.89. The molecule has 0 unspecified atom stereocenters. The predicted octanol–water partition coefficient (Wildman–Crippen LogP) is 3.49. The molecule has 0 atom stereocenters. The third-order valence-corrected chi connectivity index (χ3v) is 3.73. The number of rotatable bonds is 2. The van der Waals surface area contributed by atoms with Crippen LogP contribution in [0.2, 0.25) is 0 Å². The molecule has 18 heavy (non-hydrogen) atoms. The van der Waals surface area contributed by atoms with Crippen LogP contribution in [0.4, 0.5) is 5.69 Å². The Balaban J connectivity index is 2.01. The maximum absolute atomic E-state index is 8.93. The molecule has 0 radical (unpaired) electrons. The Hall–Kier alpha value is -1.69. The van der Waals surface area contributed by atoms with Crippen molar-refractivity contribution >= 4 is 5.69 Å². The molecule has 1 saturated carbocycles. The van der Waals surface area contributed by atoms with Gasteiger partial charge in [-0.05, 0) is 49.3 Å². The third kappa shape index (κ3) is 2.95. The van der Waals surface area contributed by atoms with Crippen LogP contribution in [0.5, 0.6) is 5.75 Å². The highest BCUT2D eigenvalue weighted by Crippen LogP contribution is 2.36. The third-order valence-electron chi connectivity index (χ3n) is 3.73. The standard InChI is InChI=1S/C15H20N2O/c1-15(2)7-5-12(6-8-15)18-13-3-4-14(17)11(9-13)10-16/h3-4,9,12H,5-8,17H2,1-2H3. The van der Waals surface area contributed by atoms with E-state index in [0.29, 0.717) is 16.7 Å². The Morgan fingerprint density at radius 1 is 1.33 bits per heavy atom. The minimum atomic E-state index is 0.271. The van der Waals surface area contributed by atoms with Gasteiger partial charge in [0.05, 0.1) is 11.7 Å². The summed E-state index contributed by atoms with van der Waals surface area (Å²) in [4.78, 5) is 0. The molecule has 1 fully saturated rings. The van der Waals surface area contributed by atoms with Gasteiger partial charge < -0.3 is 10.5 Å². The Labute approximate surface area is 109 Å². The van der Waals surface area contributed by atoms with E-state index in [1.165, 1.54) is 12.8 Å². The Morgan fingerprint density at radius 2 is 2.00 bits per heavy atom. The summed E-state index contributed by atoms with van der Waals surface area (Å²) in [6.45, 7) is 4.61. The van der Waals surface area contributed by atoms with Gasteiger partial charge in [0.25, 0.3) is 0 Å². The average Bonchev–Trinajstić information content (AvgIpc) is 2.34. The normalized spacial score (nSPS) is 19.2. The summed E-state index contributed by atoms with van der Waals surface area (Å²) in [6.07, 6.45) is 4.82. The van der Waals surface area contributed by atoms with Crippen LogP contribution < -0.4 is 10.5 Å². The zero-order valence-electron chi connectivity index (χ0n) is 11.1. The number of hydrogen-bond acceptors (Lipinski definition) is 3. The van der Waals surface area contributed by atoms with Crippen molar-refractivity contribution in [2.75, 3.05) is 5.73 Å². The largest absolute Gasteiger partial charge is 0.490 e. The monoisotopic (exact) mass is 244 g/mol. The Morgan fingerprint density at radius 3 is 2.61 bits per heavy atom. The first-order valence-electron chi connectivity index (χ1n) is 6.46. The number of anilines is 1. The van der Waals surface area contributed by atoms with Crippen LogP contribution >= 0.6 is 0 Å². The van der Waals surface area contributed by atoms with Crippen molar-refractivity contribution in [1.29, 1.82) is 5.26 Å². The number of benzene rings is 1. The second-order valence-electron chi connectivity index (χ2n) is 5.84. The lowest BCUT2D eigenvalue weighted by atomic mass is 9.76. The maximum Gasteiger partial charge on any atom is 0.121 e. The molecule has 3 nitrogen and oxygen atoms in total. The van der Waals surface area contributed by atoms with E-state index in [-0.39, 0.29) is 6.10 Å². The molecular formula is C15H20N2O. The molecule has 1 aliphatic rings. The van der Waals surface area contributed by atoms with Crippen molar-refractivity contribution in [3.8, 4) is 11.8 Å². The van der Waals surface area contributed by atoms with Gasteiger partial charge in [0, 0.05) is 5.69 Å². The van der Waals surface area contributed by atoms with Crippen molar-refractivity contribution in [2.45, 2.75) is 45.6 Å². The van der Waals surface area contributed by atoms with Crippen molar-refractivity contribution in [3.05, 3.63) is 23.8 Å². The van der Waals surface area contributed by atoms with Crippen molar-refractivity contribution < 1.29 is 4.74 Å². The summed E-state index contributed by atoms with van der Waals surface area (Å²) >= 11 is 0. The molecule has 96 valence electrons. The fourth-order valence-corrected chi connectivity index (χ4v) is 2.39. The Bertz CT molecular complexity index is 464. The highest BCUT2D eigenvalue weighted by Gasteiger charge is 2.27. The molecule has 0 heterocycles. The molecule has 0 aromatic heterocycles. The molecule has 1 aliphatic carbocycles. The van der Waals surface area contributed by atoms with E-state index in [9.17, 15) is 0 Å². The van der Waals surface area contributed by atoms with Crippen LogP contribution in [-0.2, 0) is 0 Å². The van der Waals surface area contributed by atoms with E-state index in [4.69, 9.17) is 15.7 Å². The summed E-state index contributed by atoms with van der Waals surface area (Å²) in [5, 5.41) is 8.93. The molecular weight excluding hydrogens is 224 g/mol. The lowest BCUT2D eigenvalue weighted by Gasteiger charge is -2.34. The number of ether oxygens (including phenoxy) is 1. The lowest BCUT2D eigenvalue weighted by molar-refractivity contribution is 0.0988.